The van der Waals surface area contributed by atoms with Gasteiger partial charge in [-0.2, -0.15) is 0 Å². The summed E-state index contributed by atoms with van der Waals surface area (Å²) in [5.41, 5.74) is 6.34. The summed E-state index contributed by atoms with van der Waals surface area (Å²) >= 11 is 0. The van der Waals surface area contributed by atoms with Crippen molar-refractivity contribution in [2.24, 2.45) is 4.99 Å². The van der Waals surface area contributed by atoms with Gasteiger partial charge in [0.15, 0.2) is 0 Å². The van der Waals surface area contributed by atoms with Crippen molar-refractivity contribution >= 4 is 23.4 Å². The minimum atomic E-state index is 0.0426. The van der Waals surface area contributed by atoms with Gasteiger partial charge in [-0.25, -0.2) is 0 Å². The summed E-state index contributed by atoms with van der Waals surface area (Å²) < 4.78 is 0. The van der Waals surface area contributed by atoms with Crippen LogP contribution in [0.2, 0.25) is 0 Å². The summed E-state index contributed by atoms with van der Waals surface area (Å²) in [6, 6.07) is 10.5. The number of nitrogens with one attached hydrogen (secondary N) is 1. The maximum Gasteiger partial charge on any atom is 0.211 e. The zero-order chi connectivity index (χ0) is 21.4. The minimum Gasteiger partial charge on any atom is -0.508 e. The molecule has 0 bridgehead atoms. The Kier molecular flexibility index (Phi) is 7.78. The molecule has 2 aromatic carbocycles. The first-order chi connectivity index (χ1) is 13.8. The van der Waals surface area contributed by atoms with E-state index in [0.717, 1.165) is 45.7 Å². The molecule has 0 spiro atoms. The largest absolute Gasteiger partial charge is 0.508 e. The molecule has 3 N–H and O–H groups in total. The Balaban J connectivity index is 2.19. The minimum absolute atomic E-state index is 0.0426. The quantitative estimate of drug-likeness (QED) is 0.310. The summed E-state index contributed by atoms with van der Waals surface area (Å²) in [6.45, 7) is 10.0. The molecule has 0 saturated heterocycles. The van der Waals surface area contributed by atoms with Gasteiger partial charge in [-0.05, 0) is 86.1 Å². The van der Waals surface area contributed by atoms with Gasteiger partial charge in [0, 0.05) is 23.7 Å². The van der Waals surface area contributed by atoms with Gasteiger partial charge < -0.3 is 15.5 Å². The van der Waals surface area contributed by atoms with E-state index in [1.54, 1.807) is 12.1 Å². The first kappa shape index (κ1) is 22.0. The fourth-order valence-electron chi connectivity index (χ4n) is 2.96. The average molecular weight is 392 g/mol. The fourth-order valence-corrected chi connectivity index (χ4v) is 2.96. The highest BCUT2D eigenvalue weighted by Gasteiger charge is 2.09. The molecule has 0 saturated carbocycles. The van der Waals surface area contributed by atoms with E-state index in [0.29, 0.717) is 19.3 Å². The van der Waals surface area contributed by atoms with Crippen LogP contribution in [-0.2, 0) is 17.6 Å². The van der Waals surface area contributed by atoms with Crippen molar-refractivity contribution in [3.05, 3.63) is 71.4 Å². The number of benzene rings is 2. The lowest BCUT2D eigenvalue weighted by Crippen LogP contribution is -2.01. The Morgan fingerprint density at radius 3 is 2.45 bits per heavy atom. The highest BCUT2D eigenvalue weighted by Crippen LogP contribution is 2.28. The number of hydrogen-bond donors (Lipinski definition) is 3. The Bertz CT molecular complexity index is 955. The predicted octanol–water partition coefficient (Wildman–Crippen LogP) is 5.24. The molecular weight excluding hydrogens is 364 g/mol. The summed E-state index contributed by atoms with van der Waals surface area (Å²) in [4.78, 5) is 15.3. The molecule has 1 amide bonds. The van der Waals surface area contributed by atoms with Crippen LogP contribution in [0.1, 0.15) is 43.9 Å². The first-order valence-corrected chi connectivity index (χ1v) is 9.53. The Morgan fingerprint density at radius 2 is 1.79 bits per heavy atom. The molecule has 0 fully saturated rings. The lowest BCUT2D eigenvalue weighted by molar-refractivity contribution is -0.105. The van der Waals surface area contributed by atoms with Crippen molar-refractivity contribution in [1.82, 2.24) is 0 Å². The van der Waals surface area contributed by atoms with Gasteiger partial charge in [-0.15, -0.1) is 0 Å². The monoisotopic (exact) mass is 392 g/mol. The molecule has 0 heterocycles. The molecule has 0 aliphatic carbocycles. The van der Waals surface area contributed by atoms with E-state index in [1.165, 1.54) is 6.07 Å². The lowest BCUT2D eigenvalue weighted by Gasteiger charge is -2.13. The topological polar surface area (TPSA) is 81.9 Å². The van der Waals surface area contributed by atoms with E-state index in [4.69, 9.17) is 0 Å². The van der Waals surface area contributed by atoms with Gasteiger partial charge in [-0.1, -0.05) is 18.7 Å². The molecule has 0 radical (unpaired) electrons. The lowest BCUT2D eigenvalue weighted by atomic mass is 9.95. The third-order valence-corrected chi connectivity index (χ3v) is 4.62. The van der Waals surface area contributed by atoms with Gasteiger partial charge in [0.25, 0.3) is 0 Å². The van der Waals surface area contributed by atoms with E-state index in [9.17, 15) is 15.0 Å². The maximum atomic E-state index is 11.0. The smallest absolute Gasteiger partial charge is 0.211 e. The van der Waals surface area contributed by atoms with Crippen LogP contribution >= 0.6 is 0 Å². The van der Waals surface area contributed by atoms with Gasteiger partial charge in [-0.3, -0.25) is 9.79 Å². The second kappa shape index (κ2) is 10.3. The molecule has 5 nitrogen and oxygen atoms in total. The van der Waals surface area contributed by atoms with Crippen LogP contribution in [0.5, 0.6) is 11.5 Å². The van der Waals surface area contributed by atoms with Crippen molar-refractivity contribution in [3.63, 3.8) is 0 Å². The number of aliphatic imine (C=N–C) groups is 1. The molecule has 29 heavy (non-hydrogen) atoms. The molecule has 5 heteroatoms. The highest BCUT2D eigenvalue weighted by atomic mass is 16.3. The van der Waals surface area contributed by atoms with E-state index in [1.807, 2.05) is 45.2 Å². The molecule has 0 unspecified atom stereocenters. The highest BCUT2D eigenvalue weighted by molar-refractivity contribution is 5.82. The van der Waals surface area contributed by atoms with Crippen LogP contribution in [0, 0.1) is 0 Å². The number of phenols is 2. The third kappa shape index (κ3) is 6.35. The van der Waals surface area contributed by atoms with Crippen LogP contribution in [-0.4, -0.2) is 22.3 Å². The standard InChI is InChI=1S/C24H28N2O3/c1-16(2)25-14-17(3)18(4)20-9-11-23(26-15-27)21(12-20)7-5-6-19-8-10-22(28)13-24(19)29/h8-15,28-29H,4-7H2,1-3H3,(H,26,27)/b17-14-. The molecule has 152 valence electrons. The van der Waals surface area contributed by atoms with Gasteiger partial charge in [0.05, 0.1) is 0 Å². The normalized spacial score (nSPS) is 11.1. The Labute approximate surface area is 172 Å². The van der Waals surface area contributed by atoms with Crippen molar-refractivity contribution in [1.29, 1.82) is 0 Å². The van der Waals surface area contributed by atoms with Gasteiger partial charge in [0.1, 0.15) is 11.5 Å². The molecule has 0 aliphatic heterocycles. The molecule has 2 aromatic rings. The second-order valence-corrected chi connectivity index (χ2v) is 7.17. The van der Waals surface area contributed by atoms with Crippen molar-refractivity contribution < 1.29 is 15.0 Å². The number of amides is 1. The van der Waals surface area contributed by atoms with Crippen molar-refractivity contribution in [2.45, 2.75) is 40.0 Å². The fraction of sp³-hybridized carbons (Fsp3) is 0.250. The number of aromatic hydroxyl groups is 2. The number of aryl methyl sites for hydroxylation is 2. The van der Waals surface area contributed by atoms with Crippen LogP contribution in [0.4, 0.5) is 5.69 Å². The number of allylic oxidation sites excluding steroid dienone is 2. The number of carbonyl (C=O) groups is 1. The number of anilines is 1. The molecule has 0 atom stereocenters. The van der Waals surface area contributed by atoms with Gasteiger partial charge in [0.2, 0.25) is 6.41 Å². The zero-order valence-electron chi connectivity index (χ0n) is 17.2. The van der Waals surface area contributed by atoms with Gasteiger partial charge >= 0.3 is 0 Å². The third-order valence-electron chi connectivity index (χ3n) is 4.62. The average Bonchev–Trinajstić information content (AvgIpc) is 2.68. The zero-order valence-corrected chi connectivity index (χ0v) is 17.2. The molecule has 0 aliphatic rings. The SMILES string of the molecule is C=C(/C(C)=C\N=C(C)C)c1ccc(NC=O)c(CCCc2ccc(O)cc2O)c1. The molecule has 2 rings (SSSR count). The number of nitrogens with zero attached hydrogens (tertiary/aromatic N) is 1. The second-order valence-electron chi connectivity index (χ2n) is 7.17. The van der Waals surface area contributed by atoms with Crippen LogP contribution in [0.15, 0.2) is 59.7 Å². The van der Waals surface area contributed by atoms with E-state index in [-0.39, 0.29) is 11.5 Å². The van der Waals surface area contributed by atoms with E-state index < -0.39 is 0 Å². The maximum absolute atomic E-state index is 11.0. The van der Waals surface area contributed by atoms with Crippen molar-refractivity contribution in [3.8, 4) is 11.5 Å². The Hall–Kier alpha value is -3.34. The van der Waals surface area contributed by atoms with Crippen LogP contribution in [0.3, 0.4) is 0 Å². The predicted molar refractivity (Wildman–Crippen MR) is 119 cm³/mol. The number of phenolic OH excluding ortho intramolecular Hbond substituents is 2. The first-order valence-electron chi connectivity index (χ1n) is 9.53. The summed E-state index contributed by atoms with van der Waals surface area (Å²) in [5.74, 6) is 0.131. The number of rotatable bonds is 9. The number of carbonyl (C=O) groups excluding carboxylic acids is 1. The molecular formula is C24H28N2O3. The van der Waals surface area contributed by atoms with Crippen LogP contribution < -0.4 is 5.32 Å². The van der Waals surface area contributed by atoms with Crippen molar-refractivity contribution in [2.75, 3.05) is 5.32 Å². The summed E-state index contributed by atoms with van der Waals surface area (Å²) in [6.07, 6.45) is 4.62. The number of hydrogen-bond acceptors (Lipinski definition) is 4. The summed E-state index contributed by atoms with van der Waals surface area (Å²) in [7, 11) is 0. The van der Waals surface area contributed by atoms with Crippen LogP contribution in [0.25, 0.3) is 5.57 Å². The summed E-state index contributed by atoms with van der Waals surface area (Å²) in [5, 5.41) is 22.1. The molecule has 0 aromatic heterocycles. The van der Waals surface area contributed by atoms with E-state index >= 15 is 0 Å². The van der Waals surface area contributed by atoms with E-state index in [2.05, 4.69) is 16.9 Å². The Morgan fingerprint density at radius 1 is 1.07 bits per heavy atom.